The van der Waals surface area contributed by atoms with Gasteiger partial charge >= 0.3 is 0 Å². The Morgan fingerprint density at radius 1 is 1.40 bits per heavy atom. The van der Waals surface area contributed by atoms with Crippen LogP contribution in [-0.2, 0) is 9.47 Å². The number of anilines is 1. The van der Waals surface area contributed by atoms with Gasteiger partial charge in [0.25, 0.3) is 5.69 Å². The number of hydrogen-bond acceptors (Lipinski definition) is 5. The summed E-state index contributed by atoms with van der Waals surface area (Å²) < 4.78 is 11.3. The summed E-state index contributed by atoms with van der Waals surface area (Å²) in [7, 11) is 0. The van der Waals surface area contributed by atoms with Gasteiger partial charge in [0.1, 0.15) is 11.3 Å². The van der Waals surface area contributed by atoms with Gasteiger partial charge in [-0.15, -0.1) is 0 Å². The zero-order valence-electron chi connectivity index (χ0n) is 11.5. The van der Waals surface area contributed by atoms with Gasteiger partial charge in [-0.25, -0.2) is 0 Å². The molecule has 2 fully saturated rings. The van der Waals surface area contributed by atoms with Crippen LogP contribution in [0, 0.1) is 17.0 Å². The number of aryl methyl sites for hydroxylation is 1. The Morgan fingerprint density at radius 3 is 2.95 bits per heavy atom. The lowest BCUT2D eigenvalue weighted by atomic mass is 10.00. The highest BCUT2D eigenvalue weighted by Gasteiger charge is 2.41. The molecule has 1 unspecified atom stereocenters. The van der Waals surface area contributed by atoms with Crippen LogP contribution in [0.15, 0.2) is 18.2 Å². The number of rotatable bonds is 2. The normalized spacial score (nSPS) is 26.1. The molecule has 0 N–H and O–H groups in total. The van der Waals surface area contributed by atoms with Crippen LogP contribution in [0.4, 0.5) is 11.4 Å². The van der Waals surface area contributed by atoms with Crippen molar-refractivity contribution in [3.63, 3.8) is 0 Å². The minimum atomic E-state index is -0.310. The second kappa shape index (κ2) is 5.03. The lowest BCUT2D eigenvalue weighted by molar-refractivity contribution is -0.384. The second-order valence-electron chi connectivity index (χ2n) is 5.50. The SMILES string of the molecule is Cc1ccc(N2CCOC3(CCOC3)C2)c([N+](=O)[O-])c1. The van der Waals surface area contributed by atoms with Crippen LogP contribution in [0.25, 0.3) is 0 Å². The summed E-state index contributed by atoms with van der Waals surface area (Å²) in [6.07, 6.45) is 0.850. The number of nitro groups is 1. The van der Waals surface area contributed by atoms with E-state index in [1.165, 1.54) is 0 Å². The van der Waals surface area contributed by atoms with E-state index >= 15 is 0 Å². The fourth-order valence-corrected chi connectivity index (χ4v) is 2.92. The highest BCUT2D eigenvalue weighted by atomic mass is 16.6. The van der Waals surface area contributed by atoms with E-state index < -0.39 is 0 Å². The molecule has 0 saturated carbocycles. The van der Waals surface area contributed by atoms with Gasteiger partial charge in [-0.3, -0.25) is 10.1 Å². The van der Waals surface area contributed by atoms with Crippen molar-refractivity contribution < 1.29 is 14.4 Å². The molecule has 2 aliphatic rings. The first-order valence-corrected chi connectivity index (χ1v) is 6.81. The van der Waals surface area contributed by atoms with Gasteiger partial charge in [0.05, 0.1) is 18.1 Å². The Bertz CT molecular complexity index is 526. The standard InChI is InChI=1S/C14H18N2O4/c1-11-2-3-12(13(8-11)16(17)18)15-5-7-20-14(9-15)4-6-19-10-14/h2-3,8H,4-7,9-10H2,1H3. The van der Waals surface area contributed by atoms with Crippen molar-refractivity contribution in [3.05, 3.63) is 33.9 Å². The van der Waals surface area contributed by atoms with E-state index in [0.717, 1.165) is 12.0 Å². The van der Waals surface area contributed by atoms with E-state index in [1.807, 2.05) is 19.1 Å². The van der Waals surface area contributed by atoms with E-state index in [4.69, 9.17) is 9.47 Å². The van der Waals surface area contributed by atoms with Crippen LogP contribution in [0.2, 0.25) is 0 Å². The van der Waals surface area contributed by atoms with Gasteiger partial charge < -0.3 is 14.4 Å². The van der Waals surface area contributed by atoms with Gasteiger partial charge in [-0.2, -0.15) is 0 Å². The lowest BCUT2D eigenvalue weighted by Gasteiger charge is -2.40. The minimum absolute atomic E-state index is 0.168. The van der Waals surface area contributed by atoms with E-state index in [-0.39, 0.29) is 16.2 Å². The molecule has 1 aromatic carbocycles. The van der Waals surface area contributed by atoms with Gasteiger partial charge in [0, 0.05) is 32.2 Å². The Hall–Kier alpha value is -1.66. The van der Waals surface area contributed by atoms with E-state index in [2.05, 4.69) is 4.90 Å². The lowest BCUT2D eigenvalue weighted by Crippen LogP contribution is -2.52. The molecule has 3 rings (SSSR count). The monoisotopic (exact) mass is 278 g/mol. The largest absolute Gasteiger partial charge is 0.378 e. The van der Waals surface area contributed by atoms with Crippen molar-refractivity contribution in [3.8, 4) is 0 Å². The first kappa shape index (κ1) is 13.3. The number of nitro benzene ring substituents is 1. The van der Waals surface area contributed by atoms with Crippen molar-refractivity contribution in [1.82, 2.24) is 0 Å². The van der Waals surface area contributed by atoms with Gasteiger partial charge in [-0.1, -0.05) is 6.07 Å². The zero-order valence-corrected chi connectivity index (χ0v) is 11.5. The Kier molecular flexibility index (Phi) is 3.35. The number of nitrogens with zero attached hydrogens (tertiary/aromatic N) is 2. The first-order valence-electron chi connectivity index (χ1n) is 6.81. The van der Waals surface area contributed by atoms with Crippen LogP contribution >= 0.6 is 0 Å². The molecule has 1 aromatic rings. The van der Waals surface area contributed by atoms with Crippen LogP contribution < -0.4 is 4.90 Å². The third-order valence-corrected chi connectivity index (χ3v) is 3.98. The topological polar surface area (TPSA) is 64.8 Å². The number of benzene rings is 1. The summed E-state index contributed by atoms with van der Waals surface area (Å²) >= 11 is 0. The van der Waals surface area contributed by atoms with Crippen LogP contribution in [0.5, 0.6) is 0 Å². The number of ether oxygens (including phenoxy) is 2. The minimum Gasteiger partial charge on any atom is -0.378 e. The highest BCUT2D eigenvalue weighted by Crippen LogP contribution is 2.34. The molecular formula is C14H18N2O4. The van der Waals surface area contributed by atoms with Crippen molar-refractivity contribution in [2.45, 2.75) is 18.9 Å². The molecule has 0 radical (unpaired) electrons. The smallest absolute Gasteiger partial charge is 0.292 e. The fraction of sp³-hybridized carbons (Fsp3) is 0.571. The molecule has 6 heteroatoms. The molecule has 2 heterocycles. The first-order chi connectivity index (χ1) is 9.60. The molecule has 20 heavy (non-hydrogen) atoms. The summed E-state index contributed by atoms with van der Waals surface area (Å²) in [6, 6.07) is 5.38. The number of hydrogen-bond donors (Lipinski definition) is 0. The van der Waals surface area contributed by atoms with Crippen molar-refractivity contribution in [2.24, 2.45) is 0 Å². The molecule has 0 bridgehead atoms. The molecule has 0 amide bonds. The van der Waals surface area contributed by atoms with Crippen molar-refractivity contribution >= 4 is 11.4 Å². The highest BCUT2D eigenvalue weighted by molar-refractivity contribution is 5.64. The van der Waals surface area contributed by atoms with Gasteiger partial charge in [0.2, 0.25) is 0 Å². The molecule has 0 aliphatic carbocycles. The van der Waals surface area contributed by atoms with Crippen molar-refractivity contribution in [1.29, 1.82) is 0 Å². The number of morpholine rings is 1. The predicted molar refractivity (Wildman–Crippen MR) is 74.2 cm³/mol. The molecule has 2 saturated heterocycles. The molecule has 6 nitrogen and oxygen atoms in total. The summed E-state index contributed by atoms with van der Waals surface area (Å²) in [4.78, 5) is 13.0. The molecule has 108 valence electrons. The Balaban J connectivity index is 1.90. The van der Waals surface area contributed by atoms with Crippen LogP contribution in [0.3, 0.4) is 0 Å². The van der Waals surface area contributed by atoms with Gasteiger partial charge in [-0.05, 0) is 18.6 Å². The maximum atomic E-state index is 11.3. The fourth-order valence-electron chi connectivity index (χ4n) is 2.92. The third-order valence-electron chi connectivity index (χ3n) is 3.98. The maximum absolute atomic E-state index is 11.3. The molecule has 2 aliphatic heterocycles. The van der Waals surface area contributed by atoms with Crippen molar-refractivity contribution in [2.75, 3.05) is 37.8 Å². The average molecular weight is 278 g/mol. The van der Waals surface area contributed by atoms with E-state index in [1.54, 1.807) is 6.07 Å². The average Bonchev–Trinajstić information content (AvgIpc) is 2.86. The molecule has 0 aromatic heterocycles. The Morgan fingerprint density at radius 2 is 2.25 bits per heavy atom. The Labute approximate surface area is 117 Å². The molecule has 1 atom stereocenters. The maximum Gasteiger partial charge on any atom is 0.292 e. The van der Waals surface area contributed by atoms with E-state index in [9.17, 15) is 10.1 Å². The quantitative estimate of drug-likeness (QED) is 0.610. The summed E-state index contributed by atoms with van der Waals surface area (Å²) in [5.74, 6) is 0. The second-order valence-corrected chi connectivity index (χ2v) is 5.50. The molecule has 1 spiro atoms. The summed E-state index contributed by atoms with van der Waals surface area (Å²) in [5.41, 5.74) is 1.44. The van der Waals surface area contributed by atoms with Gasteiger partial charge in [0.15, 0.2) is 0 Å². The third kappa shape index (κ3) is 2.36. The summed E-state index contributed by atoms with van der Waals surface area (Å²) in [6.45, 7) is 5.03. The van der Waals surface area contributed by atoms with Crippen LogP contribution in [-0.4, -0.2) is 43.4 Å². The predicted octanol–water partition coefficient (Wildman–Crippen LogP) is 1.90. The summed E-state index contributed by atoms with van der Waals surface area (Å²) in [5, 5.41) is 11.3. The molecular weight excluding hydrogens is 260 g/mol. The van der Waals surface area contributed by atoms with E-state index in [0.29, 0.717) is 38.6 Å². The van der Waals surface area contributed by atoms with Crippen LogP contribution in [0.1, 0.15) is 12.0 Å². The zero-order chi connectivity index (χ0) is 14.2.